The van der Waals surface area contributed by atoms with Crippen molar-refractivity contribution in [1.29, 1.82) is 0 Å². The van der Waals surface area contributed by atoms with Crippen LogP contribution < -0.4 is 4.90 Å². The van der Waals surface area contributed by atoms with E-state index in [1.165, 1.54) is 48.6 Å². The van der Waals surface area contributed by atoms with Crippen molar-refractivity contribution in [2.75, 3.05) is 19.6 Å². The van der Waals surface area contributed by atoms with E-state index < -0.39 is 5.60 Å². The zero-order chi connectivity index (χ0) is 15.3. The van der Waals surface area contributed by atoms with Crippen LogP contribution in [0.1, 0.15) is 22.6 Å². The van der Waals surface area contributed by atoms with Crippen LogP contribution in [0.2, 0.25) is 8.67 Å². The third-order valence-electron chi connectivity index (χ3n) is 5.25. The standard InChI is InChI=1S/C16H17Cl2NOS2/c17-14-3-1-12(21-14)16(20,13-2-4-15(18)22-13)11-9-19-7-5-10(11)6-8-19/h1-4,10-11,20H,5-9H2/p+1/t11-/m0/s1. The smallest absolute Gasteiger partial charge is 0.141 e. The lowest BCUT2D eigenvalue weighted by Gasteiger charge is -2.48. The number of fused-ring (bicyclic) bond motifs is 3. The molecule has 3 aliphatic heterocycles. The minimum Gasteiger partial charge on any atom is -0.378 e. The average Bonchev–Trinajstić information content (AvgIpc) is 3.17. The molecule has 0 amide bonds. The van der Waals surface area contributed by atoms with Gasteiger partial charge < -0.3 is 10.0 Å². The molecule has 0 saturated carbocycles. The predicted octanol–water partition coefficient (Wildman–Crippen LogP) is 3.28. The second-order valence-electron chi connectivity index (χ2n) is 6.37. The van der Waals surface area contributed by atoms with Crippen LogP contribution in [0.5, 0.6) is 0 Å². The number of hydrogen-bond acceptors (Lipinski definition) is 3. The van der Waals surface area contributed by atoms with Gasteiger partial charge in [0.1, 0.15) is 5.60 Å². The lowest BCUT2D eigenvalue weighted by molar-refractivity contribution is -0.922. The van der Waals surface area contributed by atoms with Crippen molar-refractivity contribution in [3.8, 4) is 0 Å². The summed E-state index contributed by atoms with van der Waals surface area (Å²) in [5.41, 5.74) is -0.952. The molecule has 3 aliphatic rings. The fourth-order valence-corrected chi connectivity index (χ4v) is 6.63. The van der Waals surface area contributed by atoms with Gasteiger partial charge in [0.05, 0.1) is 34.2 Å². The second kappa shape index (κ2) is 5.76. The molecule has 0 aromatic carbocycles. The summed E-state index contributed by atoms with van der Waals surface area (Å²) in [5, 5.41) is 11.8. The van der Waals surface area contributed by atoms with Crippen LogP contribution in [-0.2, 0) is 5.60 Å². The maximum Gasteiger partial charge on any atom is 0.141 e. The highest BCUT2D eigenvalue weighted by molar-refractivity contribution is 7.17. The quantitative estimate of drug-likeness (QED) is 0.846. The predicted molar refractivity (Wildman–Crippen MR) is 93.4 cm³/mol. The number of halogens is 2. The normalized spacial score (nSPS) is 28.2. The third kappa shape index (κ3) is 2.45. The number of nitrogens with one attached hydrogen (secondary N) is 1. The minimum atomic E-state index is -0.952. The molecule has 0 aliphatic carbocycles. The number of piperidine rings is 3. The Kier molecular flexibility index (Phi) is 4.04. The third-order valence-corrected chi connectivity index (χ3v) is 7.96. The Morgan fingerprint density at radius 2 is 1.55 bits per heavy atom. The van der Waals surface area contributed by atoms with E-state index in [2.05, 4.69) is 0 Å². The van der Waals surface area contributed by atoms with Crippen LogP contribution in [-0.4, -0.2) is 24.7 Å². The first-order chi connectivity index (χ1) is 10.6. The fraction of sp³-hybridized carbons (Fsp3) is 0.500. The van der Waals surface area contributed by atoms with Crippen molar-refractivity contribution in [2.24, 2.45) is 11.8 Å². The Hall–Kier alpha value is -0.100. The largest absolute Gasteiger partial charge is 0.378 e. The molecular weight excluding hydrogens is 357 g/mol. The Bertz CT molecular complexity index is 635. The first kappa shape index (κ1) is 15.4. The van der Waals surface area contributed by atoms with Crippen molar-refractivity contribution in [3.05, 3.63) is 42.7 Å². The van der Waals surface area contributed by atoms with E-state index in [4.69, 9.17) is 23.2 Å². The first-order valence-electron chi connectivity index (χ1n) is 7.65. The van der Waals surface area contributed by atoms with Gasteiger partial charge in [-0.25, -0.2) is 0 Å². The highest BCUT2D eigenvalue weighted by Gasteiger charge is 2.52. The average molecular weight is 375 g/mol. The number of hydrogen-bond donors (Lipinski definition) is 2. The number of thiophene rings is 2. The molecule has 6 heteroatoms. The molecule has 0 spiro atoms. The SMILES string of the molecule is OC(c1ccc(Cl)s1)(c1ccc(Cl)s1)[C@H]1C[NH+]2CCC1CC2. The van der Waals surface area contributed by atoms with Crippen LogP contribution >= 0.6 is 45.9 Å². The summed E-state index contributed by atoms with van der Waals surface area (Å²) in [7, 11) is 0. The van der Waals surface area contributed by atoms with Gasteiger partial charge in [0.2, 0.25) is 0 Å². The molecule has 5 rings (SSSR count). The summed E-state index contributed by atoms with van der Waals surface area (Å²) in [4.78, 5) is 3.53. The number of aliphatic hydroxyl groups is 1. The molecule has 2 aromatic heterocycles. The zero-order valence-electron chi connectivity index (χ0n) is 12.0. The Balaban J connectivity index is 1.81. The number of rotatable bonds is 3. The molecule has 1 atom stereocenters. The van der Waals surface area contributed by atoms with Crippen LogP contribution in [0.15, 0.2) is 24.3 Å². The molecule has 2 bridgehead atoms. The molecule has 2 N–H and O–H groups in total. The van der Waals surface area contributed by atoms with Crippen molar-refractivity contribution in [1.82, 2.24) is 0 Å². The van der Waals surface area contributed by atoms with E-state index in [1.807, 2.05) is 24.3 Å². The molecule has 118 valence electrons. The minimum absolute atomic E-state index is 0.245. The molecule has 22 heavy (non-hydrogen) atoms. The van der Waals surface area contributed by atoms with Gasteiger partial charge in [0.25, 0.3) is 0 Å². The maximum atomic E-state index is 11.8. The van der Waals surface area contributed by atoms with Crippen LogP contribution in [0.3, 0.4) is 0 Å². The number of quaternary nitrogens is 1. The summed E-state index contributed by atoms with van der Waals surface area (Å²) in [5.74, 6) is 0.832. The monoisotopic (exact) mass is 374 g/mol. The van der Waals surface area contributed by atoms with Gasteiger partial charge in [-0.3, -0.25) is 0 Å². The molecule has 0 unspecified atom stereocenters. The molecular formula is C16H18Cl2NOS2+. The van der Waals surface area contributed by atoms with Crippen molar-refractivity contribution < 1.29 is 10.0 Å². The van der Waals surface area contributed by atoms with Gasteiger partial charge >= 0.3 is 0 Å². The molecule has 5 heterocycles. The molecule has 0 radical (unpaired) electrons. The fourth-order valence-electron chi connectivity index (χ4n) is 4.15. The summed E-state index contributed by atoms with van der Waals surface area (Å²) in [6.07, 6.45) is 2.42. The van der Waals surface area contributed by atoms with Crippen molar-refractivity contribution >= 4 is 45.9 Å². The van der Waals surface area contributed by atoms with Gasteiger partial charge in [-0.15, -0.1) is 22.7 Å². The summed E-state index contributed by atoms with van der Waals surface area (Å²) in [6, 6.07) is 7.73. The second-order valence-corrected chi connectivity index (χ2v) is 9.80. The van der Waals surface area contributed by atoms with E-state index in [0.29, 0.717) is 5.92 Å². The summed E-state index contributed by atoms with van der Waals surface area (Å²) < 4.78 is 1.45. The van der Waals surface area contributed by atoms with E-state index >= 15 is 0 Å². The van der Waals surface area contributed by atoms with Crippen molar-refractivity contribution in [2.45, 2.75) is 18.4 Å². The van der Waals surface area contributed by atoms with Crippen LogP contribution in [0.25, 0.3) is 0 Å². The van der Waals surface area contributed by atoms with Crippen LogP contribution in [0, 0.1) is 11.8 Å². The Morgan fingerprint density at radius 1 is 1.00 bits per heavy atom. The van der Waals surface area contributed by atoms with E-state index in [9.17, 15) is 5.11 Å². The highest BCUT2D eigenvalue weighted by Crippen LogP contribution is 2.48. The molecule has 2 nitrogen and oxygen atoms in total. The van der Waals surface area contributed by atoms with Gasteiger partial charge in [0, 0.05) is 22.6 Å². The Morgan fingerprint density at radius 3 is 1.91 bits per heavy atom. The van der Waals surface area contributed by atoms with Crippen LogP contribution in [0.4, 0.5) is 0 Å². The highest BCUT2D eigenvalue weighted by atomic mass is 35.5. The lowest BCUT2D eigenvalue weighted by Crippen LogP contribution is -3.16. The van der Waals surface area contributed by atoms with E-state index in [1.54, 1.807) is 4.90 Å². The molecule has 2 aromatic rings. The first-order valence-corrected chi connectivity index (χ1v) is 10.0. The molecule has 3 saturated heterocycles. The Labute approximate surface area is 148 Å². The van der Waals surface area contributed by atoms with Crippen molar-refractivity contribution in [3.63, 3.8) is 0 Å². The summed E-state index contributed by atoms with van der Waals surface area (Å²) >= 11 is 15.3. The molecule has 3 fully saturated rings. The summed E-state index contributed by atoms with van der Waals surface area (Å²) in [6.45, 7) is 3.52. The topological polar surface area (TPSA) is 24.7 Å². The van der Waals surface area contributed by atoms with Gasteiger partial charge in [-0.1, -0.05) is 23.2 Å². The maximum absolute atomic E-state index is 11.8. The van der Waals surface area contributed by atoms with E-state index in [-0.39, 0.29) is 5.92 Å². The lowest BCUT2D eigenvalue weighted by atomic mass is 9.69. The van der Waals surface area contributed by atoms with Gasteiger partial charge in [0.15, 0.2) is 0 Å². The zero-order valence-corrected chi connectivity index (χ0v) is 15.2. The van der Waals surface area contributed by atoms with E-state index in [0.717, 1.165) is 25.0 Å². The van der Waals surface area contributed by atoms with Gasteiger partial charge in [-0.05, 0) is 30.2 Å². The van der Waals surface area contributed by atoms with Gasteiger partial charge in [-0.2, -0.15) is 0 Å².